The molecule has 5 nitrogen and oxygen atoms in total. The number of nitrogens with zero attached hydrogens (tertiary/aromatic N) is 1. The van der Waals surface area contributed by atoms with Crippen molar-refractivity contribution in [3.63, 3.8) is 0 Å². The summed E-state index contributed by atoms with van der Waals surface area (Å²) in [6.07, 6.45) is 3.28. The van der Waals surface area contributed by atoms with E-state index in [-0.39, 0.29) is 5.78 Å². The fourth-order valence-electron chi connectivity index (χ4n) is 2.72. The van der Waals surface area contributed by atoms with Crippen LogP contribution < -0.4 is 9.47 Å². The number of H-pyrrole nitrogens is 1. The minimum absolute atomic E-state index is 0.0413. The van der Waals surface area contributed by atoms with Gasteiger partial charge in [0, 0.05) is 11.1 Å². The van der Waals surface area contributed by atoms with E-state index in [0.717, 1.165) is 22.5 Å². The summed E-state index contributed by atoms with van der Waals surface area (Å²) >= 11 is 0. The number of nitrogens with one attached hydrogen (secondary N) is 1. The Morgan fingerprint density at radius 3 is 2.44 bits per heavy atom. The van der Waals surface area contributed by atoms with E-state index in [1.54, 1.807) is 26.4 Å². The summed E-state index contributed by atoms with van der Waals surface area (Å²) in [4.78, 5) is 12.4. The number of aryl methyl sites for hydroxylation is 2. The van der Waals surface area contributed by atoms with Gasteiger partial charge in [0.2, 0.25) is 0 Å². The number of aromatic nitrogens is 2. The van der Waals surface area contributed by atoms with E-state index in [1.807, 2.05) is 56.3 Å². The molecular formula is C22H22N2O3. The lowest BCUT2D eigenvalue weighted by Crippen LogP contribution is -1.95. The average Bonchev–Trinajstić information content (AvgIpc) is 3.16. The van der Waals surface area contributed by atoms with Gasteiger partial charge in [0.25, 0.3) is 0 Å². The van der Waals surface area contributed by atoms with Crippen LogP contribution in [-0.2, 0) is 0 Å². The first-order valence-electron chi connectivity index (χ1n) is 8.59. The van der Waals surface area contributed by atoms with Crippen LogP contribution in [0.1, 0.15) is 27.2 Å². The number of carbonyl (C=O) groups excluding carboxylic acids is 1. The molecule has 0 unspecified atom stereocenters. The van der Waals surface area contributed by atoms with Gasteiger partial charge in [-0.15, -0.1) is 0 Å². The van der Waals surface area contributed by atoms with Crippen molar-refractivity contribution in [3.05, 3.63) is 70.9 Å². The summed E-state index contributed by atoms with van der Waals surface area (Å²) in [5.41, 5.74) is 5.35. The molecule has 27 heavy (non-hydrogen) atoms. The molecule has 3 aromatic rings. The Morgan fingerprint density at radius 1 is 0.963 bits per heavy atom. The van der Waals surface area contributed by atoms with Crippen molar-refractivity contribution in [2.24, 2.45) is 0 Å². The van der Waals surface area contributed by atoms with Crippen molar-refractivity contribution in [1.29, 1.82) is 0 Å². The first-order chi connectivity index (χ1) is 13.0. The Kier molecular flexibility index (Phi) is 5.41. The van der Waals surface area contributed by atoms with Gasteiger partial charge in [0.15, 0.2) is 17.3 Å². The zero-order valence-electron chi connectivity index (χ0n) is 15.9. The summed E-state index contributed by atoms with van der Waals surface area (Å²) < 4.78 is 10.6. The lowest BCUT2D eigenvalue weighted by molar-refractivity contribution is 0.104. The summed E-state index contributed by atoms with van der Waals surface area (Å²) in [5.74, 6) is 1.26. The van der Waals surface area contributed by atoms with Crippen molar-refractivity contribution in [3.8, 4) is 22.8 Å². The summed E-state index contributed by atoms with van der Waals surface area (Å²) in [7, 11) is 3.19. The molecule has 0 amide bonds. The van der Waals surface area contributed by atoms with Crippen LogP contribution in [0.5, 0.6) is 11.5 Å². The molecule has 0 radical (unpaired) electrons. The summed E-state index contributed by atoms with van der Waals surface area (Å²) in [6.45, 7) is 4.03. The molecule has 0 spiro atoms. The molecule has 1 aromatic heterocycles. The van der Waals surface area contributed by atoms with Crippen LogP contribution in [-0.4, -0.2) is 30.2 Å². The van der Waals surface area contributed by atoms with E-state index in [0.29, 0.717) is 17.1 Å². The molecule has 0 aliphatic rings. The first kappa shape index (κ1) is 18.5. The molecular weight excluding hydrogens is 340 g/mol. The lowest BCUT2D eigenvalue weighted by Gasteiger charge is -2.08. The standard InChI is InChI=1S/C22H22N2O3/c1-14-5-6-17(11-15(14)2)20(25)9-8-18-13-19(24-23-18)16-7-10-21(26-3)22(12-16)27-4/h5-13H,1-4H3,(H,23,24)/b9-8+. The van der Waals surface area contributed by atoms with Gasteiger partial charge in [-0.25, -0.2) is 0 Å². The van der Waals surface area contributed by atoms with Crippen molar-refractivity contribution < 1.29 is 14.3 Å². The van der Waals surface area contributed by atoms with Crippen LogP contribution in [0.2, 0.25) is 0 Å². The third kappa shape index (κ3) is 4.08. The number of allylic oxidation sites excluding steroid dienone is 1. The molecule has 0 atom stereocenters. The van der Waals surface area contributed by atoms with Gasteiger partial charge >= 0.3 is 0 Å². The summed E-state index contributed by atoms with van der Waals surface area (Å²) in [5, 5.41) is 7.25. The van der Waals surface area contributed by atoms with Gasteiger partial charge in [0.05, 0.1) is 25.6 Å². The fourth-order valence-corrected chi connectivity index (χ4v) is 2.72. The monoisotopic (exact) mass is 362 g/mol. The van der Waals surface area contributed by atoms with Gasteiger partial charge in [-0.1, -0.05) is 12.1 Å². The molecule has 0 aliphatic heterocycles. The second-order valence-electron chi connectivity index (χ2n) is 6.27. The van der Waals surface area contributed by atoms with E-state index < -0.39 is 0 Å². The maximum atomic E-state index is 12.4. The first-order valence-corrected chi connectivity index (χ1v) is 8.59. The smallest absolute Gasteiger partial charge is 0.185 e. The third-order valence-electron chi connectivity index (χ3n) is 4.48. The Bertz CT molecular complexity index is 1000. The second-order valence-corrected chi connectivity index (χ2v) is 6.27. The Hall–Kier alpha value is -3.34. The SMILES string of the molecule is COc1ccc(-c2cc(/C=C/C(=O)c3ccc(C)c(C)c3)[nH]n2)cc1OC. The zero-order chi connectivity index (χ0) is 19.4. The van der Waals surface area contributed by atoms with E-state index in [1.165, 1.54) is 5.56 Å². The lowest BCUT2D eigenvalue weighted by atomic mass is 10.0. The van der Waals surface area contributed by atoms with Crippen LogP contribution in [0.4, 0.5) is 0 Å². The highest BCUT2D eigenvalue weighted by Crippen LogP contribution is 2.31. The number of hydrogen-bond donors (Lipinski definition) is 1. The van der Waals surface area contributed by atoms with Crippen molar-refractivity contribution in [1.82, 2.24) is 10.2 Å². The third-order valence-corrected chi connectivity index (χ3v) is 4.48. The molecule has 3 rings (SSSR count). The molecule has 1 N–H and O–H groups in total. The molecule has 0 saturated carbocycles. The Labute approximate surface area is 158 Å². The number of methoxy groups -OCH3 is 2. The average molecular weight is 362 g/mol. The van der Waals surface area contributed by atoms with E-state index in [2.05, 4.69) is 10.2 Å². The number of rotatable bonds is 6. The topological polar surface area (TPSA) is 64.2 Å². The fraction of sp³-hybridized carbons (Fsp3) is 0.182. The molecule has 5 heteroatoms. The maximum absolute atomic E-state index is 12.4. The zero-order valence-corrected chi connectivity index (χ0v) is 15.9. The highest BCUT2D eigenvalue weighted by atomic mass is 16.5. The predicted molar refractivity (Wildman–Crippen MR) is 106 cm³/mol. The van der Waals surface area contributed by atoms with Gasteiger partial charge in [-0.05, 0) is 67.5 Å². The van der Waals surface area contributed by atoms with Crippen molar-refractivity contribution in [2.75, 3.05) is 14.2 Å². The maximum Gasteiger partial charge on any atom is 0.185 e. The van der Waals surface area contributed by atoms with Gasteiger partial charge < -0.3 is 9.47 Å². The van der Waals surface area contributed by atoms with E-state index >= 15 is 0 Å². The number of ether oxygens (including phenoxy) is 2. The number of carbonyl (C=O) groups is 1. The van der Waals surface area contributed by atoms with Crippen molar-refractivity contribution in [2.45, 2.75) is 13.8 Å². The molecule has 138 valence electrons. The van der Waals surface area contributed by atoms with Crippen LogP contribution in [0.3, 0.4) is 0 Å². The van der Waals surface area contributed by atoms with Crippen molar-refractivity contribution >= 4 is 11.9 Å². The van der Waals surface area contributed by atoms with Crippen LogP contribution in [0.15, 0.2) is 48.5 Å². The normalized spacial score (nSPS) is 11.0. The minimum Gasteiger partial charge on any atom is -0.493 e. The largest absolute Gasteiger partial charge is 0.493 e. The molecule has 0 bridgehead atoms. The number of ketones is 1. The summed E-state index contributed by atoms with van der Waals surface area (Å²) in [6, 6.07) is 13.2. The van der Waals surface area contributed by atoms with Gasteiger partial charge in [-0.2, -0.15) is 5.10 Å². The molecule has 0 aliphatic carbocycles. The van der Waals surface area contributed by atoms with E-state index in [9.17, 15) is 4.79 Å². The Morgan fingerprint density at radius 2 is 1.74 bits per heavy atom. The van der Waals surface area contributed by atoms with E-state index in [4.69, 9.17) is 9.47 Å². The molecule has 0 fully saturated rings. The van der Waals surface area contributed by atoms with Crippen LogP contribution in [0, 0.1) is 13.8 Å². The minimum atomic E-state index is -0.0413. The number of benzene rings is 2. The highest BCUT2D eigenvalue weighted by Gasteiger charge is 2.09. The highest BCUT2D eigenvalue weighted by molar-refractivity contribution is 6.06. The molecule has 1 heterocycles. The number of hydrogen-bond acceptors (Lipinski definition) is 4. The van der Waals surface area contributed by atoms with Crippen LogP contribution in [0.25, 0.3) is 17.3 Å². The molecule has 0 saturated heterocycles. The predicted octanol–water partition coefficient (Wildman–Crippen LogP) is 4.61. The van der Waals surface area contributed by atoms with Gasteiger partial charge in [-0.3, -0.25) is 9.89 Å². The Balaban J connectivity index is 1.78. The second kappa shape index (κ2) is 7.91. The quantitative estimate of drug-likeness (QED) is 0.514. The molecule has 2 aromatic carbocycles. The van der Waals surface area contributed by atoms with Crippen LogP contribution >= 0.6 is 0 Å². The number of aromatic amines is 1. The van der Waals surface area contributed by atoms with Gasteiger partial charge in [0.1, 0.15) is 0 Å².